The highest BCUT2D eigenvalue weighted by Gasteiger charge is 2.34. The molecule has 0 aliphatic carbocycles. The highest BCUT2D eigenvalue weighted by molar-refractivity contribution is 14.1. The van der Waals surface area contributed by atoms with Gasteiger partial charge in [0.05, 0.1) is 16.4 Å². The zero-order valence-corrected chi connectivity index (χ0v) is 22.3. The van der Waals surface area contributed by atoms with Gasteiger partial charge in [-0.15, -0.1) is 0 Å². The van der Waals surface area contributed by atoms with Gasteiger partial charge in [-0.3, -0.25) is 24.6 Å². The van der Waals surface area contributed by atoms with Gasteiger partial charge in [0.2, 0.25) is 0 Å². The molecule has 2 N–H and O–H groups in total. The summed E-state index contributed by atoms with van der Waals surface area (Å²) in [7, 11) is 1.43. The third-order valence-corrected chi connectivity index (χ3v) is 6.24. The van der Waals surface area contributed by atoms with Crippen LogP contribution in [0, 0.1) is 9.39 Å². The number of amides is 3. The van der Waals surface area contributed by atoms with E-state index in [2.05, 4.69) is 10.6 Å². The summed E-state index contributed by atoms with van der Waals surface area (Å²) in [5.41, 5.74) is 1.35. The van der Waals surface area contributed by atoms with E-state index in [1.165, 1.54) is 42.4 Å². The number of carbonyl (C=O) groups is 3. The molecule has 0 radical (unpaired) electrons. The Hall–Kier alpha value is -3.84. The predicted molar refractivity (Wildman–Crippen MR) is 149 cm³/mol. The molecule has 3 amide bonds. The molecule has 11 heteroatoms. The van der Waals surface area contributed by atoms with Crippen molar-refractivity contribution in [3.63, 3.8) is 0 Å². The Balaban J connectivity index is 1.54. The van der Waals surface area contributed by atoms with Crippen LogP contribution in [0.2, 0.25) is 0 Å². The molecule has 0 atom stereocenters. The second-order valence-electron chi connectivity index (χ2n) is 7.67. The topological polar surface area (TPSA) is 97.0 Å². The summed E-state index contributed by atoms with van der Waals surface area (Å²) in [5.74, 6) is -1.43. The predicted octanol–water partition coefficient (Wildman–Crippen LogP) is 4.29. The highest BCUT2D eigenvalue weighted by Crippen LogP contribution is 2.35. The molecule has 188 valence electrons. The van der Waals surface area contributed by atoms with Gasteiger partial charge in [0, 0.05) is 5.69 Å². The van der Waals surface area contributed by atoms with Crippen LogP contribution >= 0.6 is 34.8 Å². The molecule has 3 aromatic rings. The normalized spacial score (nSPS) is 14.4. The van der Waals surface area contributed by atoms with Crippen LogP contribution in [0.5, 0.6) is 11.5 Å². The molecule has 1 heterocycles. The van der Waals surface area contributed by atoms with Gasteiger partial charge >= 0.3 is 0 Å². The average Bonchev–Trinajstić information content (AvgIpc) is 2.87. The quantitative estimate of drug-likeness (QED) is 0.175. The van der Waals surface area contributed by atoms with Crippen LogP contribution < -0.4 is 25.0 Å². The summed E-state index contributed by atoms with van der Waals surface area (Å²) in [6.45, 7) is -0.325. The molecule has 1 fully saturated rings. The third kappa shape index (κ3) is 6.12. The van der Waals surface area contributed by atoms with Crippen molar-refractivity contribution in [2.45, 2.75) is 0 Å². The molecule has 37 heavy (non-hydrogen) atoms. The Morgan fingerprint density at radius 2 is 1.84 bits per heavy atom. The Labute approximate surface area is 230 Å². The standard InChI is InChI=1S/C26H19FIN3O5S/c1-35-21-13-15(11-19-24(33)30-26(37)31(25(19)34)18-5-3-2-4-6-18)12-20(28)23(21)36-14-22(32)29-17-9-7-16(27)8-10-17/h2-13H,14H2,1H3,(H,29,32)(H,30,33,37)/b19-11-. The Kier molecular flexibility index (Phi) is 8.14. The van der Waals surface area contributed by atoms with Crippen molar-refractivity contribution in [1.82, 2.24) is 5.32 Å². The van der Waals surface area contributed by atoms with Gasteiger partial charge in [0.1, 0.15) is 11.4 Å². The van der Waals surface area contributed by atoms with Crippen LogP contribution in [-0.2, 0) is 14.4 Å². The van der Waals surface area contributed by atoms with Gasteiger partial charge in [0.15, 0.2) is 23.2 Å². The lowest BCUT2D eigenvalue weighted by Gasteiger charge is -2.28. The lowest BCUT2D eigenvalue weighted by molar-refractivity contribution is -0.122. The lowest BCUT2D eigenvalue weighted by Crippen LogP contribution is -2.54. The van der Waals surface area contributed by atoms with E-state index in [4.69, 9.17) is 21.7 Å². The smallest absolute Gasteiger partial charge is 0.270 e. The van der Waals surface area contributed by atoms with E-state index in [1.807, 2.05) is 22.6 Å². The number of halogens is 2. The second-order valence-corrected chi connectivity index (χ2v) is 9.22. The maximum Gasteiger partial charge on any atom is 0.270 e. The number of methoxy groups -OCH3 is 1. The van der Waals surface area contributed by atoms with Gasteiger partial charge in [0.25, 0.3) is 17.7 Å². The minimum absolute atomic E-state index is 0.00632. The van der Waals surface area contributed by atoms with Crippen molar-refractivity contribution in [2.75, 3.05) is 23.9 Å². The monoisotopic (exact) mass is 631 g/mol. The molecule has 0 spiro atoms. The number of hydrogen-bond acceptors (Lipinski definition) is 6. The summed E-state index contributed by atoms with van der Waals surface area (Å²) in [4.78, 5) is 39.3. The zero-order valence-electron chi connectivity index (χ0n) is 19.3. The van der Waals surface area contributed by atoms with Crippen LogP contribution in [0.1, 0.15) is 5.56 Å². The Morgan fingerprint density at radius 3 is 2.51 bits per heavy atom. The fourth-order valence-electron chi connectivity index (χ4n) is 3.47. The van der Waals surface area contributed by atoms with Gasteiger partial charge in [-0.25, -0.2) is 4.39 Å². The number of ether oxygens (including phenoxy) is 2. The lowest BCUT2D eigenvalue weighted by atomic mass is 10.1. The third-order valence-electron chi connectivity index (χ3n) is 5.15. The number of benzene rings is 3. The molecule has 0 aromatic heterocycles. The van der Waals surface area contributed by atoms with Crippen molar-refractivity contribution >= 4 is 75.1 Å². The van der Waals surface area contributed by atoms with Crippen LogP contribution in [0.15, 0.2) is 72.3 Å². The molecule has 1 aliphatic heterocycles. The first-order valence-corrected chi connectivity index (χ1v) is 12.3. The van der Waals surface area contributed by atoms with Crippen LogP contribution in [0.4, 0.5) is 15.8 Å². The first-order valence-electron chi connectivity index (χ1n) is 10.8. The van der Waals surface area contributed by atoms with E-state index in [0.29, 0.717) is 32.0 Å². The van der Waals surface area contributed by atoms with Gasteiger partial charge < -0.3 is 14.8 Å². The molecule has 0 bridgehead atoms. The molecule has 8 nitrogen and oxygen atoms in total. The van der Waals surface area contributed by atoms with E-state index in [1.54, 1.807) is 42.5 Å². The minimum atomic E-state index is -0.617. The van der Waals surface area contributed by atoms with Gasteiger partial charge in [-0.1, -0.05) is 18.2 Å². The highest BCUT2D eigenvalue weighted by atomic mass is 127. The summed E-state index contributed by atoms with van der Waals surface area (Å²) in [6, 6.07) is 17.4. The van der Waals surface area contributed by atoms with E-state index >= 15 is 0 Å². The summed E-state index contributed by atoms with van der Waals surface area (Å²) < 4.78 is 24.7. The van der Waals surface area contributed by atoms with Gasteiger partial charge in [-0.2, -0.15) is 0 Å². The summed E-state index contributed by atoms with van der Waals surface area (Å²) in [6.07, 6.45) is 1.44. The molecule has 1 aliphatic rings. The van der Waals surface area contributed by atoms with Crippen molar-refractivity contribution in [1.29, 1.82) is 0 Å². The van der Waals surface area contributed by atoms with E-state index in [0.717, 1.165) is 0 Å². The summed E-state index contributed by atoms with van der Waals surface area (Å²) >= 11 is 7.22. The first kappa shape index (κ1) is 26.2. The number of hydrogen-bond donors (Lipinski definition) is 2. The number of nitrogens with one attached hydrogen (secondary N) is 2. The second kappa shape index (κ2) is 11.5. The molecular formula is C26H19FIN3O5S. The van der Waals surface area contributed by atoms with E-state index < -0.39 is 23.5 Å². The van der Waals surface area contributed by atoms with E-state index in [9.17, 15) is 18.8 Å². The SMILES string of the molecule is COc1cc(/C=C2/C(=O)NC(=S)N(c3ccccc3)C2=O)cc(I)c1OCC(=O)Nc1ccc(F)cc1. The number of rotatable bonds is 7. The van der Waals surface area contributed by atoms with Crippen molar-refractivity contribution in [2.24, 2.45) is 0 Å². The maximum atomic E-state index is 13.2. The van der Waals surface area contributed by atoms with Crippen LogP contribution in [0.25, 0.3) is 6.08 Å². The Morgan fingerprint density at radius 1 is 1.14 bits per heavy atom. The number of carbonyl (C=O) groups excluding carboxylic acids is 3. The van der Waals surface area contributed by atoms with Crippen molar-refractivity contribution in [3.05, 3.63) is 87.3 Å². The first-order chi connectivity index (χ1) is 17.8. The fourth-order valence-corrected chi connectivity index (χ4v) is 4.53. The minimum Gasteiger partial charge on any atom is -0.493 e. The average molecular weight is 631 g/mol. The molecular weight excluding hydrogens is 612 g/mol. The van der Waals surface area contributed by atoms with Crippen LogP contribution in [-0.4, -0.2) is 36.6 Å². The Bertz CT molecular complexity index is 1410. The summed E-state index contributed by atoms with van der Waals surface area (Å²) in [5, 5.41) is 5.15. The molecule has 0 saturated carbocycles. The largest absolute Gasteiger partial charge is 0.493 e. The van der Waals surface area contributed by atoms with Crippen LogP contribution in [0.3, 0.4) is 0 Å². The number of thiocarbonyl (C=S) groups is 1. The van der Waals surface area contributed by atoms with E-state index in [-0.39, 0.29) is 17.3 Å². The molecule has 0 unspecified atom stereocenters. The zero-order chi connectivity index (χ0) is 26.5. The van der Waals surface area contributed by atoms with Gasteiger partial charge in [-0.05, 0) is 95.0 Å². The molecule has 1 saturated heterocycles. The number of anilines is 2. The molecule has 4 rings (SSSR count). The molecule has 3 aromatic carbocycles. The fraction of sp³-hybridized carbons (Fsp3) is 0.0769. The number of para-hydroxylation sites is 1. The van der Waals surface area contributed by atoms with Crippen molar-refractivity contribution in [3.8, 4) is 11.5 Å². The van der Waals surface area contributed by atoms with Crippen molar-refractivity contribution < 1.29 is 28.2 Å². The number of nitrogens with zero attached hydrogens (tertiary/aromatic N) is 1. The maximum absolute atomic E-state index is 13.2.